The van der Waals surface area contributed by atoms with Crippen molar-refractivity contribution in [2.75, 3.05) is 0 Å². The highest BCUT2D eigenvalue weighted by Crippen LogP contribution is 1.92. The number of H-pyrrole nitrogens is 1. The molecule has 1 aromatic heterocycles. The summed E-state index contributed by atoms with van der Waals surface area (Å²) in [6.07, 6.45) is 2.98. The predicted octanol–water partition coefficient (Wildman–Crippen LogP) is 0.390. The van der Waals surface area contributed by atoms with Crippen molar-refractivity contribution < 1.29 is 9.59 Å². The molecule has 0 saturated heterocycles. The zero-order chi connectivity index (χ0) is 9.14. The van der Waals surface area contributed by atoms with Crippen molar-refractivity contribution in [2.45, 2.75) is 6.92 Å². The standard InChI is InChI=1S/C8H7NO3/c1-5(11)7-3-9-2-6(4-10)8(7)12/h2-4H,1H3,(H,9,12). The number of rotatable bonds is 2. The van der Waals surface area contributed by atoms with Gasteiger partial charge < -0.3 is 4.98 Å². The molecule has 62 valence electrons. The predicted molar refractivity (Wildman–Crippen MR) is 42.5 cm³/mol. The Labute approximate surface area is 68.2 Å². The van der Waals surface area contributed by atoms with Crippen LogP contribution in [0.1, 0.15) is 27.6 Å². The Morgan fingerprint density at radius 2 is 2.17 bits per heavy atom. The van der Waals surface area contributed by atoms with Crippen LogP contribution in [0.15, 0.2) is 17.2 Å². The Morgan fingerprint density at radius 3 is 2.67 bits per heavy atom. The number of ketones is 1. The number of Topliss-reactive ketones (excluding diaryl/α,β-unsaturated/α-hetero) is 1. The maximum Gasteiger partial charge on any atom is 0.202 e. The molecular formula is C8H7NO3. The average molecular weight is 165 g/mol. The second kappa shape index (κ2) is 3.13. The zero-order valence-corrected chi connectivity index (χ0v) is 6.46. The number of aromatic amines is 1. The van der Waals surface area contributed by atoms with Crippen molar-refractivity contribution in [2.24, 2.45) is 0 Å². The second-order valence-corrected chi connectivity index (χ2v) is 2.33. The summed E-state index contributed by atoms with van der Waals surface area (Å²) in [6.45, 7) is 1.28. The molecule has 0 fully saturated rings. The summed E-state index contributed by atoms with van der Waals surface area (Å²) in [5, 5.41) is 0. The van der Waals surface area contributed by atoms with Crippen LogP contribution in [-0.4, -0.2) is 17.1 Å². The van der Waals surface area contributed by atoms with Crippen LogP contribution in [0.3, 0.4) is 0 Å². The van der Waals surface area contributed by atoms with E-state index < -0.39 is 5.43 Å². The summed E-state index contributed by atoms with van der Waals surface area (Å²) in [5.74, 6) is -0.347. The fourth-order valence-electron chi connectivity index (χ4n) is 0.850. The minimum Gasteiger partial charge on any atom is -0.366 e. The summed E-state index contributed by atoms with van der Waals surface area (Å²) in [4.78, 5) is 34.8. The number of carbonyl (C=O) groups excluding carboxylic acids is 2. The molecule has 0 aliphatic heterocycles. The zero-order valence-electron chi connectivity index (χ0n) is 6.46. The largest absolute Gasteiger partial charge is 0.366 e. The van der Waals surface area contributed by atoms with Crippen LogP contribution in [0, 0.1) is 0 Å². The van der Waals surface area contributed by atoms with Crippen LogP contribution in [0.4, 0.5) is 0 Å². The molecule has 12 heavy (non-hydrogen) atoms. The van der Waals surface area contributed by atoms with E-state index in [9.17, 15) is 14.4 Å². The van der Waals surface area contributed by atoms with E-state index in [4.69, 9.17) is 0 Å². The maximum atomic E-state index is 11.2. The molecule has 1 heterocycles. The second-order valence-electron chi connectivity index (χ2n) is 2.33. The van der Waals surface area contributed by atoms with Gasteiger partial charge in [0.25, 0.3) is 0 Å². The van der Waals surface area contributed by atoms with Crippen LogP contribution >= 0.6 is 0 Å². The summed E-state index contributed by atoms with van der Waals surface area (Å²) in [5.41, 5.74) is -0.529. The van der Waals surface area contributed by atoms with Crippen molar-refractivity contribution in [3.05, 3.63) is 33.7 Å². The van der Waals surface area contributed by atoms with Crippen molar-refractivity contribution >= 4 is 12.1 Å². The Bertz CT molecular complexity index is 378. The first-order chi connectivity index (χ1) is 5.66. The van der Waals surface area contributed by atoms with E-state index >= 15 is 0 Å². The molecule has 1 aromatic rings. The summed E-state index contributed by atoms with van der Waals surface area (Å²) in [6, 6.07) is 0. The van der Waals surface area contributed by atoms with Gasteiger partial charge in [-0.25, -0.2) is 0 Å². The molecule has 0 radical (unpaired) electrons. The van der Waals surface area contributed by atoms with Gasteiger partial charge in [0, 0.05) is 12.4 Å². The lowest BCUT2D eigenvalue weighted by Gasteiger charge is -1.93. The SMILES string of the molecule is CC(=O)c1c[nH]cc(C=O)c1=O. The number of aldehydes is 1. The van der Waals surface area contributed by atoms with E-state index in [0.29, 0.717) is 6.29 Å². The molecule has 0 spiro atoms. The number of hydrogen-bond acceptors (Lipinski definition) is 3. The molecule has 1 rings (SSSR count). The van der Waals surface area contributed by atoms with Crippen LogP contribution in [0.2, 0.25) is 0 Å². The third-order valence-electron chi connectivity index (χ3n) is 1.48. The highest BCUT2D eigenvalue weighted by Gasteiger charge is 2.07. The Morgan fingerprint density at radius 1 is 1.50 bits per heavy atom. The van der Waals surface area contributed by atoms with E-state index in [0.717, 1.165) is 0 Å². The van der Waals surface area contributed by atoms with Crippen LogP contribution in [0.5, 0.6) is 0 Å². The molecule has 0 unspecified atom stereocenters. The van der Waals surface area contributed by atoms with Gasteiger partial charge in [0.1, 0.15) is 0 Å². The van der Waals surface area contributed by atoms with Gasteiger partial charge in [-0.3, -0.25) is 14.4 Å². The van der Waals surface area contributed by atoms with Gasteiger partial charge in [0.05, 0.1) is 11.1 Å². The fourth-order valence-corrected chi connectivity index (χ4v) is 0.850. The average Bonchev–Trinajstić information content (AvgIpc) is 2.04. The molecule has 0 saturated carbocycles. The fraction of sp³-hybridized carbons (Fsp3) is 0.125. The Hall–Kier alpha value is -1.71. The minimum atomic E-state index is -0.517. The molecule has 4 nitrogen and oxygen atoms in total. The third-order valence-corrected chi connectivity index (χ3v) is 1.48. The first-order valence-corrected chi connectivity index (χ1v) is 3.34. The normalized spacial score (nSPS) is 9.42. The summed E-state index contributed by atoms with van der Waals surface area (Å²) in [7, 11) is 0. The van der Waals surface area contributed by atoms with Crippen LogP contribution in [-0.2, 0) is 0 Å². The topological polar surface area (TPSA) is 67.0 Å². The Balaban J connectivity index is 3.43. The quantitative estimate of drug-likeness (QED) is 0.509. The summed E-state index contributed by atoms with van der Waals surface area (Å²) < 4.78 is 0. The molecule has 0 amide bonds. The van der Waals surface area contributed by atoms with E-state index in [1.54, 1.807) is 0 Å². The van der Waals surface area contributed by atoms with Crippen molar-refractivity contribution in [3.63, 3.8) is 0 Å². The monoisotopic (exact) mass is 165 g/mol. The van der Waals surface area contributed by atoms with Crippen molar-refractivity contribution in [1.82, 2.24) is 4.98 Å². The molecule has 0 aliphatic carbocycles. The van der Waals surface area contributed by atoms with E-state index in [1.807, 2.05) is 0 Å². The minimum absolute atomic E-state index is 0.0135. The number of aromatic nitrogens is 1. The maximum absolute atomic E-state index is 11.2. The smallest absolute Gasteiger partial charge is 0.202 e. The van der Waals surface area contributed by atoms with Crippen LogP contribution < -0.4 is 5.43 Å². The lowest BCUT2D eigenvalue weighted by atomic mass is 10.1. The summed E-state index contributed by atoms with van der Waals surface area (Å²) >= 11 is 0. The number of carbonyl (C=O) groups is 2. The lowest BCUT2D eigenvalue weighted by Crippen LogP contribution is -2.17. The van der Waals surface area contributed by atoms with E-state index in [2.05, 4.69) is 4.98 Å². The highest BCUT2D eigenvalue weighted by molar-refractivity contribution is 5.94. The number of nitrogens with one attached hydrogen (secondary N) is 1. The first kappa shape index (κ1) is 8.39. The first-order valence-electron chi connectivity index (χ1n) is 3.34. The van der Waals surface area contributed by atoms with Gasteiger partial charge in [0.2, 0.25) is 5.43 Å². The van der Waals surface area contributed by atoms with Gasteiger partial charge >= 0.3 is 0 Å². The molecule has 4 heteroatoms. The lowest BCUT2D eigenvalue weighted by molar-refractivity contribution is 0.101. The van der Waals surface area contributed by atoms with Crippen molar-refractivity contribution in [1.29, 1.82) is 0 Å². The number of hydrogen-bond donors (Lipinski definition) is 1. The van der Waals surface area contributed by atoms with Gasteiger partial charge in [-0.1, -0.05) is 0 Å². The Kier molecular flexibility index (Phi) is 2.19. The van der Waals surface area contributed by atoms with Crippen LogP contribution in [0.25, 0.3) is 0 Å². The van der Waals surface area contributed by atoms with Crippen molar-refractivity contribution in [3.8, 4) is 0 Å². The molecule has 0 atom stereocenters. The van der Waals surface area contributed by atoms with Gasteiger partial charge in [0.15, 0.2) is 12.1 Å². The van der Waals surface area contributed by atoms with Gasteiger partial charge in [-0.2, -0.15) is 0 Å². The van der Waals surface area contributed by atoms with Gasteiger partial charge in [-0.15, -0.1) is 0 Å². The molecule has 0 aliphatic rings. The van der Waals surface area contributed by atoms with E-state index in [1.165, 1.54) is 19.3 Å². The molecular weight excluding hydrogens is 158 g/mol. The highest BCUT2D eigenvalue weighted by atomic mass is 16.1. The third kappa shape index (κ3) is 1.32. The van der Waals surface area contributed by atoms with Gasteiger partial charge in [-0.05, 0) is 6.92 Å². The number of pyridine rings is 1. The molecule has 1 N–H and O–H groups in total. The molecule has 0 aromatic carbocycles. The van der Waals surface area contributed by atoms with E-state index in [-0.39, 0.29) is 16.9 Å². The molecule has 0 bridgehead atoms.